The zero-order valence-electron chi connectivity index (χ0n) is 13.2. The molecule has 0 radical (unpaired) electrons. The number of nitrogens with zero attached hydrogens (tertiary/aromatic N) is 1. The third-order valence-electron chi connectivity index (χ3n) is 3.29. The number of halogens is 3. The fourth-order valence-electron chi connectivity index (χ4n) is 2.01. The maximum Gasteiger partial charge on any atom is 0.290 e. The minimum Gasteiger partial charge on any atom is -1.00 e. The molecule has 3 nitrogen and oxygen atoms in total. The van der Waals surface area contributed by atoms with Crippen LogP contribution in [0.3, 0.4) is 0 Å². The van der Waals surface area contributed by atoms with Crippen molar-refractivity contribution in [2.75, 3.05) is 5.32 Å². The molecule has 0 spiro atoms. The molecule has 0 unspecified atom stereocenters. The van der Waals surface area contributed by atoms with Gasteiger partial charge in [0.1, 0.15) is 5.82 Å². The Hall–Kier alpha value is -1.46. The van der Waals surface area contributed by atoms with Crippen LogP contribution in [0.15, 0.2) is 47.2 Å². The van der Waals surface area contributed by atoms with Crippen LogP contribution in [0.2, 0.25) is 0 Å². The maximum absolute atomic E-state index is 13.7. The van der Waals surface area contributed by atoms with E-state index in [2.05, 4.69) is 42.0 Å². The van der Waals surface area contributed by atoms with Crippen molar-refractivity contribution in [1.29, 1.82) is 0 Å². The zero-order chi connectivity index (χ0) is 16.3. The summed E-state index contributed by atoms with van der Waals surface area (Å²) in [6.45, 7) is 6.54. The number of rotatable bonds is 3. The Bertz CT molecular complexity index is 684. The number of nitrogens with one attached hydrogen (secondary N) is 1. The number of carbonyl (C=O) groups is 1. The fourth-order valence-corrected chi connectivity index (χ4v) is 2.34. The highest BCUT2D eigenvalue weighted by Crippen LogP contribution is 2.20. The third-order valence-corrected chi connectivity index (χ3v) is 3.78. The molecular weight excluding hydrogens is 383 g/mol. The maximum atomic E-state index is 13.7. The molecule has 1 heterocycles. The van der Waals surface area contributed by atoms with Crippen molar-refractivity contribution < 1.29 is 26.2 Å². The van der Waals surface area contributed by atoms with Crippen LogP contribution < -0.4 is 22.3 Å². The molecule has 0 atom stereocenters. The Morgan fingerprint density at radius 3 is 2.35 bits per heavy atom. The molecule has 0 fully saturated rings. The Balaban J connectivity index is 0.00000264. The van der Waals surface area contributed by atoms with E-state index in [9.17, 15) is 9.18 Å². The van der Waals surface area contributed by atoms with Gasteiger partial charge in [0.25, 0.3) is 5.91 Å². The van der Waals surface area contributed by atoms with Crippen LogP contribution in [0.4, 0.5) is 10.1 Å². The average Bonchev–Trinajstić information content (AvgIpc) is 2.41. The highest BCUT2D eigenvalue weighted by atomic mass is 79.9. The number of hydrogen-bond acceptors (Lipinski definition) is 1. The first kappa shape index (κ1) is 19.6. The van der Waals surface area contributed by atoms with Gasteiger partial charge in [-0.1, -0.05) is 36.7 Å². The minimum atomic E-state index is -0.462. The normalized spacial score (nSPS) is 10.8. The monoisotopic (exact) mass is 400 g/mol. The molecular formula is C17H19BrClFN2O. The molecule has 124 valence electrons. The largest absolute Gasteiger partial charge is 1.00 e. The summed E-state index contributed by atoms with van der Waals surface area (Å²) in [4.78, 5) is 12.0. The molecule has 1 aromatic carbocycles. The van der Waals surface area contributed by atoms with Gasteiger partial charge in [0.15, 0.2) is 12.4 Å². The summed E-state index contributed by atoms with van der Waals surface area (Å²) < 4.78 is 16.1. The molecule has 1 aromatic heterocycles. The van der Waals surface area contributed by atoms with Crippen molar-refractivity contribution in [2.24, 2.45) is 0 Å². The predicted molar refractivity (Wildman–Crippen MR) is 88.1 cm³/mol. The van der Waals surface area contributed by atoms with Crippen LogP contribution in [0.25, 0.3) is 0 Å². The molecule has 0 bridgehead atoms. The van der Waals surface area contributed by atoms with E-state index in [4.69, 9.17) is 0 Å². The number of aromatic nitrogens is 1. The van der Waals surface area contributed by atoms with Crippen molar-refractivity contribution in [2.45, 2.75) is 32.7 Å². The van der Waals surface area contributed by atoms with E-state index in [1.807, 2.05) is 24.5 Å². The SMILES string of the molecule is CC(C)(C)c1cc[n+](CC(=O)Nc2ccc(Br)cc2F)cc1.[Cl-]. The first-order valence-electron chi connectivity index (χ1n) is 7.00. The van der Waals surface area contributed by atoms with E-state index in [0.29, 0.717) is 4.47 Å². The lowest BCUT2D eigenvalue weighted by Crippen LogP contribution is -3.00. The minimum absolute atomic E-state index is 0. The van der Waals surface area contributed by atoms with Crippen LogP contribution in [0.1, 0.15) is 26.3 Å². The molecule has 2 rings (SSSR count). The van der Waals surface area contributed by atoms with E-state index >= 15 is 0 Å². The second kappa shape index (κ2) is 7.88. The first-order chi connectivity index (χ1) is 10.3. The predicted octanol–water partition coefficient (Wildman–Crippen LogP) is 0.816. The molecule has 0 saturated carbocycles. The lowest BCUT2D eigenvalue weighted by molar-refractivity contribution is -0.684. The molecule has 0 aliphatic carbocycles. The fraction of sp³-hybridized carbons (Fsp3) is 0.294. The van der Waals surface area contributed by atoms with Crippen molar-refractivity contribution in [3.63, 3.8) is 0 Å². The van der Waals surface area contributed by atoms with Crippen molar-refractivity contribution >= 4 is 27.5 Å². The molecule has 0 aliphatic rings. The molecule has 6 heteroatoms. The van der Waals surface area contributed by atoms with Gasteiger partial charge >= 0.3 is 0 Å². The van der Waals surface area contributed by atoms with Crippen LogP contribution in [-0.2, 0) is 16.8 Å². The Morgan fingerprint density at radius 2 is 1.83 bits per heavy atom. The number of amides is 1. The zero-order valence-corrected chi connectivity index (χ0v) is 15.6. The topological polar surface area (TPSA) is 33.0 Å². The van der Waals surface area contributed by atoms with Gasteiger partial charge in [0.2, 0.25) is 6.54 Å². The van der Waals surface area contributed by atoms with Gasteiger partial charge < -0.3 is 17.7 Å². The molecule has 23 heavy (non-hydrogen) atoms. The summed E-state index contributed by atoms with van der Waals surface area (Å²) in [5.41, 5.74) is 1.45. The van der Waals surface area contributed by atoms with Gasteiger partial charge in [0.05, 0.1) is 5.69 Å². The number of pyridine rings is 1. The first-order valence-corrected chi connectivity index (χ1v) is 7.79. The van der Waals surface area contributed by atoms with E-state index in [-0.39, 0.29) is 36.0 Å². The van der Waals surface area contributed by atoms with Crippen molar-refractivity contribution in [3.8, 4) is 0 Å². The number of anilines is 1. The molecule has 0 aliphatic heterocycles. The Labute approximate surface area is 150 Å². The standard InChI is InChI=1S/C17H18BrFN2O.ClH/c1-17(2,3)12-6-8-21(9-7-12)11-16(22)20-15-5-4-13(18)10-14(15)19;/h4-10H,11H2,1-3H3;1H. The van der Waals surface area contributed by atoms with Crippen LogP contribution in [0.5, 0.6) is 0 Å². The average molecular weight is 402 g/mol. The van der Waals surface area contributed by atoms with Crippen molar-refractivity contribution in [1.82, 2.24) is 0 Å². The van der Waals surface area contributed by atoms with E-state index in [1.54, 1.807) is 10.6 Å². The summed E-state index contributed by atoms with van der Waals surface area (Å²) in [6.07, 6.45) is 3.72. The lowest BCUT2D eigenvalue weighted by atomic mass is 9.88. The van der Waals surface area contributed by atoms with Gasteiger partial charge in [-0.3, -0.25) is 4.79 Å². The summed E-state index contributed by atoms with van der Waals surface area (Å²) in [6, 6.07) is 8.52. The van der Waals surface area contributed by atoms with Gasteiger partial charge in [-0.15, -0.1) is 0 Å². The second-order valence-corrected chi connectivity index (χ2v) is 7.10. The quantitative estimate of drug-likeness (QED) is 0.759. The van der Waals surface area contributed by atoms with Crippen LogP contribution in [-0.4, -0.2) is 5.91 Å². The smallest absolute Gasteiger partial charge is 0.290 e. The summed E-state index contributed by atoms with van der Waals surface area (Å²) in [5.74, 6) is -0.731. The Kier molecular flexibility index (Phi) is 6.71. The van der Waals surface area contributed by atoms with Crippen LogP contribution in [0, 0.1) is 5.82 Å². The van der Waals surface area contributed by atoms with Gasteiger partial charge in [-0.05, 0) is 29.2 Å². The second-order valence-electron chi connectivity index (χ2n) is 6.18. The third kappa shape index (κ3) is 5.59. The van der Waals surface area contributed by atoms with Crippen molar-refractivity contribution in [3.05, 3.63) is 58.6 Å². The van der Waals surface area contributed by atoms with E-state index in [1.165, 1.54) is 17.7 Å². The molecule has 0 saturated heterocycles. The van der Waals surface area contributed by atoms with Gasteiger partial charge in [-0.25, -0.2) is 4.39 Å². The molecule has 1 amide bonds. The summed E-state index contributed by atoms with van der Waals surface area (Å²) in [5, 5.41) is 2.58. The van der Waals surface area contributed by atoms with Gasteiger partial charge in [-0.2, -0.15) is 4.57 Å². The van der Waals surface area contributed by atoms with Gasteiger partial charge in [0, 0.05) is 16.6 Å². The molecule has 1 N–H and O–H groups in total. The lowest BCUT2D eigenvalue weighted by Gasteiger charge is -2.17. The number of hydrogen-bond donors (Lipinski definition) is 1. The van der Waals surface area contributed by atoms with E-state index in [0.717, 1.165) is 0 Å². The van der Waals surface area contributed by atoms with Crippen LogP contribution >= 0.6 is 15.9 Å². The molecule has 2 aromatic rings. The Morgan fingerprint density at radius 1 is 1.22 bits per heavy atom. The number of carbonyl (C=O) groups excluding carboxylic acids is 1. The van der Waals surface area contributed by atoms with E-state index < -0.39 is 5.82 Å². The summed E-state index contributed by atoms with van der Waals surface area (Å²) in [7, 11) is 0. The number of benzene rings is 1. The highest BCUT2D eigenvalue weighted by molar-refractivity contribution is 9.10. The summed E-state index contributed by atoms with van der Waals surface area (Å²) >= 11 is 3.18. The highest BCUT2D eigenvalue weighted by Gasteiger charge is 2.16.